The maximum Gasteiger partial charge on any atom is 0.339 e. The Labute approximate surface area is 166 Å². The molecule has 1 amide bonds. The number of anilines is 1. The van der Waals surface area contributed by atoms with Gasteiger partial charge in [-0.1, -0.05) is 12.1 Å². The molecule has 0 bridgehead atoms. The summed E-state index contributed by atoms with van der Waals surface area (Å²) in [6, 6.07) is 10.8. The Morgan fingerprint density at radius 2 is 1.97 bits per heavy atom. The zero-order valence-corrected chi connectivity index (χ0v) is 16.0. The predicted molar refractivity (Wildman–Crippen MR) is 108 cm³/mol. The van der Waals surface area contributed by atoms with Crippen LogP contribution in [0.4, 0.5) is 5.69 Å². The molecule has 3 rings (SSSR count). The number of nitrogens with one attached hydrogen (secondary N) is 1. The summed E-state index contributed by atoms with van der Waals surface area (Å²) in [6.07, 6.45) is 0. The molecule has 1 unspecified atom stereocenters. The summed E-state index contributed by atoms with van der Waals surface area (Å²) in [5.74, 6) is -1.12. The van der Waals surface area contributed by atoms with E-state index in [1.807, 2.05) is 0 Å². The summed E-state index contributed by atoms with van der Waals surface area (Å²) in [6.45, 7) is 3.48. The van der Waals surface area contributed by atoms with Gasteiger partial charge in [-0.25, -0.2) is 4.79 Å². The topological polar surface area (TPSA) is 135 Å². The number of pyridine rings is 1. The van der Waals surface area contributed by atoms with Crippen molar-refractivity contribution in [2.75, 3.05) is 12.3 Å². The van der Waals surface area contributed by atoms with Crippen LogP contribution in [0.3, 0.4) is 0 Å². The summed E-state index contributed by atoms with van der Waals surface area (Å²) < 4.78 is 5.82. The third-order valence-corrected chi connectivity index (χ3v) is 4.38. The monoisotopic (exact) mass is 395 g/mol. The second-order valence-corrected chi connectivity index (χ2v) is 6.68. The van der Waals surface area contributed by atoms with Crippen molar-refractivity contribution in [3.8, 4) is 11.5 Å². The van der Waals surface area contributed by atoms with Gasteiger partial charge < -0.3 is 26.0 Å². The number of phenolic OH excluding ortho intramolecular Hbond substituents is 1. The number of hydrogen-bond acceptors (Lipinski definition) is 6. The third kappa shape index (κ3) is 4.21. The van der Waals surface area contributed by atoms with E-state index in [1.165, 1.54) is 12.1 Å². The maximum absolute atomic E-state index is 12.3. The van der Waals surface area contributed by atoms with Gasteiger partial charge >= 0.3 is 5.97 Å². The van der Waals surface area contributed by atoms with E-state index >= 15 is 0 Å². The standard InChI is InChI=1S/C21H21N3O5/c1-11(23-20(26)13-5-3-6-14(25)9-13)10-29-16-8-4-7-15-18(16)19(22)17(21(27)28)12(2)24-15/h3-9,11,25H,10H2,1-2H3,(H2,22,24)(H,23,26)(H,27,28). The molecule has 0 aliphatic rings. The van der Waals surface area contributed by atoms with E-state index in [2.05, 4.69) is 10.3 Å². The molecule has 0 saturated heterocycles. The van der Waals surface area contributed by atoms with Crippen LogP contribution in [-0.4, -0.2) is 39.7 Å². The Kier molecular flexibility index (Phi) is 5.54. The summed E-state index contributed by atoms with van der Waals surface area (Å²) >= 11 is 0. The molecule has 1 heterocycles. The number of aromatic carboxylic acids is 1. The number of nitrogen functional groups attached to an aromatic ring is 1. The van der Waals surface area contributed by atoms with E-state index < -0.39 is 5.97 Å². The van der Waals surface area contributed by atoms with Gasteiger partial charge in [0.25, 0.3) is 5.91 Å². The van der Waals surface area contributed by atoms with Crippen molar-refractivity contribution in [1.29, 1.82) is 0 Å². The molecular weight excluding hydrogens is 374 g/mol. The molecule has 0 spiro atoms. The number of aromatic nitrogens is 1. The molecule has 8 heteroatoms. The Morgan fingerprint density at radius 1 is 1.24 bits per heavy atom. The van der Waals surface area contributed by atoms with Gasteiger partial charge in [0, 0.05) is 5.56 Å². The number of aromatic hydroxyl groups is 1. The minimum Gasteiger partial charge on any atom is -0.508 e. The first-order valence-corrected chi connectivity index (χ1v) is 8.92. The Balaban J connectivity index is 1.79. The van der Waals surface area contributed by atoms with Crippen molar-refractivity contribution < 1.29 is 24.5 Å². The molecule has 0 aliphatic carbocycles. The lowest BCUT2D eigenvalue weighted by molar-refractivity contribution is 0.0696. The zero-order chi connectivity index (χ0) is 21.1. The van der Waals surface area contributed by atoms with E-state index in [0.29, 0.717) is 27.9 Å². The molecule has 0 radical (unpaired) electrons. The van der Waals surface area contributed by atoms with Crippen molar-refractivity contribution in [2.45, 2.75) is 19.9 Å². The van der Waals surface area contributed by atoms with Crippen LogP contribution in [0.5, 0.6) is 11.5 Å². The smallest absolute Gasteiger partial charge is 0.339 e. The van der Waals surface area contributed by atoms with E-state index in [1.54, 1.807) is 44.2 Å². The number of carbonyl (C=O) groups is 2. The van der Waals surface area contributed by atoms with E-state index in [4.69, 9.17) is 10.5 Å². The Morgan fingerprint density at radius 3 is 2.66 bits per heavy atom. The molecule has 29 heavy (non-hydrogen) atoms. The molecule has 3 aromatic rings. The van der Waals surface area contributed by atoms with Crippen molar-refractivity contribution in [3.63, 3.8) is 0 Å². The summed E-state index contributed by atoms with van der Waals surface area (Å²) in [5.41, 5.74) is 7.32. The Bertz CT molecular complexity index is 1100. The van der Waals surface area contributed by atoms with Gasteiger partial charge in [-0.3, -0.25) is 9.78 Å². The number of nitrogens with zero attached hydrogens (tertiary/aromatic N) is 1. The highest BCUT2D eigenvalue weighted by Gasteiger charge is 2.19. The van der Waals surface area contributed by atoms with Gasteiger partial charge in [-0.05, 0) is 44.2 Å². The zero-order valence-electron chi connectivity index (χ0n) is 16.0. The highest BCUT2D eigenvalue weighted by atomic mass is 16.5. The molecule has 1 atom stereocenters. The first-order valence-electron chi connectivity index (χ1n) is 8.92. The number of fused-ring (bicyclic) bond motifs is 1. The number of ether oxygens (including phenoxy) is 1. The van der Waals surface area contributed by atoms with Gasteiger partial charge in [-0.2, -0.15) is 0 Å². The van der Waals surface area contributed by atoms with Crippen LogP contribution in [0.25, 0.3) is 10.9 Å². The van der Waals surface area contributed by atoms with Crippen molar-refractivity contribution in [2.24, 2.45) is 0 Å². The van der Waals surface area contributed by atoms with Crippen LogP contribution in [0.1, 0.15) is 33.3 Å². The fourth-order valence-corrected chi connectivity index (χ4v) is 3.04. The van der Waals surface area contributed by atoms with Crippen molar-refractivity contribution in [1.82, 2.24) is 10.3 Å². The van der Waals surface area contributed by atoms with Gasteiger partial charge in [0.1, 0.15) is 23.7 Å². The second kappa shape index (κ2) is 8.05. The first-order chi connectivity index (χ1) is 13.8. The fraction of sp³-hybridized carbons (Fsp3) is 0.190. The van der Waals surface area contributed by atoms with Gasteiger partial charge in [-0.15, -0.1) is 0 Å². The predicted octanol–water partition coefficient (Wildman–Crippen LogP) is 2.73. The first kappa shape index (κ1) is 19.9. The lowest BCUT2D eigenvalue weighted by Gasteiger charge is -2.17. The van der Waals surface area contributed by atoms with Gasteiger partial charge in [0.15, 0.2) is 0 Å². The average Bonchev–Trinajstić information content (AvgIpc) is 2.65. The highest BCUT2D eigenvalue weighted by molar-refractivity contribution is 6.06. The third-order valence-electron chi connectivity index (χ3n) is 4.38. The number of phenols is 1. The number of carboxylic acid groups (broad SMARTS) is 1. The van der Waals surface area contributed by atoms with Crippen LogP contribution >= 0.6 is 0 Å². The number of rotatable bonds is 6. The summed E-state index contributed by atoms with van der Waals surface area (Å²) in [5, 5.41) is 22.1. The number of amides is 1. The second-order valence-electron chi connectivity index (χ2n) is 6.68. The van der Waals surface area contributed by atoms with E-state index in [9.17, 15) is 19.8 Å². The maximum atomic E-state index is 12.3. The quantitative estimate of drug-likeness (QED) is 0.504. The van der Waals surface area contributed by atoms with E-state index in [-0.39, 0.29) is 35.6 Å². The largest absolute Gasteiger partial charge is 0.508 e. The minimum atomic E-state index is -1.16. The molecular formula is C21H21N3O5. The Hall–Kier alpha value is -3.81. The number of hydrogen-bond donors (Lipinski definition) is 4. The molecule has 0 saturated carbocycles. The number of benzene rings is 2. The van der Waals surface area contributed by atoms with Crippen LogP contribution in [0.15, 0.2) is 42.5 Å². The number of carbonyl (C=O) groups excluding carboxylic acids is 1. The van der Waals surface area contributed by atoms with Crippen LogP contribution in [0, 0.1) is 6.92 Å². The number of carboxylic acids is 1. The SMILES string of the molecule is Cc1nc2cccc(OCC(C)NC(=O)c3cccc(O)c3)c2c(N)c1C(=O)O. The lowest BCUT2D eigenvalue weighted by atomic mass is 10.1. The number of nitrogens with two attached hydrogens (primary N) is 1. The van der Waals surface area contributed by atoms with Crippen LogP contribution < -0.4 is 15.8 Å². The molecule has 0 fully saturated rings. The molecule has 0 aliphatic heterocycles. The summed E-state index contributed by atoms with van der Waals surface area (Å²) in [7, 11) is 0. The molecule has 8 nitrogen and oxygen atoms in total. The van der Waals surface area contributed by atoms with E-state index in [0.717, 1.165) is 0 Å². The van der Waals surface area contributed by atoms with Crippen molar-refractivity contribution >= 4 is 28.5 Å². The minimum absolute atomic E-state index is 0.00446. The molecule has 5 N–H and O–H groups in total. The molecule has 150 valence electrons. The molecule has 2 aromatic carbocycles. The summed E-state index contributed by atoms with van der Waals surface area (Å²) in [4.78, 5) is 28.1. The van der Waals surface area contributed by atoms with Gasteiger partial charge in [0.05, 0.1) is 28.3 Å². The lowest BCUT2D eigenvalue weighted by Crippen LogP contribution is -2.36. The molecule has 1 aromatic heterocycles. The number of aryl methyl sites for hydroxylation is 1. The normalized spacial score (nSPS) is 11.8. The highest BCUT2D eigenvalue weighted by Crippen LogP contribution is 2.33. The van der Waals surface area contributed by atoms with Gasteiger partial charge in [0.2, 0.25) is 0 Å². The average molecular weight is 395 g/mol. The van der Waals surface area contributed by atoms with Crippen molar-refractivity contribution in [3.05, 3.63) is 59.3 Å². The fourth-order valence-electron chi connectivity index (χ4n) is 3.04. The van der Waals surface area contributed by atoms with Crippen LogP contribution in [-0.2, 0) is 0 Å². The van der Waals surface area contributed by atoms with Crippen LogP contribution in [0.2, 0.25) is 0 Å².